The number of carbonyl (C=O) groups excluding carboxylic acids is 1. The van der Waals surface area contributed by atoms with Gasteiger partial charge in [0.25, 0.3) is 5.91 Å². The molecule has 1 aromatic carbocycles. The van der Waals surface area contributed by atoms with Crippen molar-refractivity contribution >= 4 is 5.91 Å². The zero-order chi connectivity index (χ0) is 14.8. The standard InChI is InChI=1S/C16H23NO3/c1-16(2)9-5-6-11(10-16)17-15(19)12-7-4-8-13(20-3)14(12)18/h4,7-8,11,18H,5-6,9-10H2,1-3H3,(H,17,19). The molecule has 0 heterocycles. The van der Waals surface area contributed by atoms with E-state index in [4.69, 9.17) is 4.74 Å². The van der Waals surface area contributed by atoms with Crippen molar-refractivity contribution < 1.29 is 14.6 Å². The van der Waals surface area contributed by atoms with Crippen LogP contribution in [0.3, 0.4) is 0 Å². The monoisotopic (exact) mass is 277 g/mol. The van der Waals surface area contributed by atoms with E-state index >= 15 is 0 Å². The molecule has 0 aromatic heterocycles. The first-order chi connectivity index (χ1) is 9.43. The summed E-state index contributed by atoms with van der Waals surface area (Å²) in [5.74, 6) is -0.00621. The lowest BCUT2D eigenvalue weighted by Gasteiger charge is -2.35. The maximum absolute atomic E-state index is 12.3. The molecule has 110 valence electrons. The molecule has 1 unspecified atom stereocenters. The smallest absolute Gasteiger partial charge is 0.255 e. The largest absolute Gasteiger partial charge is 0.504 e. The number of carbonyl (C=O) groups is 1. The summed E-state index contributed by atoms with van der Waals surface area (Å²) in [6, 6.07) is 5.13. The lowest BCUT2D eigenvalue weighted by atomic mass is 9.75. The Morgan fingerprint density at radius 3 is 2.85 bits per heavy atom. The third-order valence-corrected chi connectivity index (χ3v) is 4.00. The fourth-order valence-electron chi connectivity index (χ4n) is 2.95. The second kappa shape index (κ2) is 5.73. The van der Waals surface area contributed by atoms with Gasteiger partial charge in [-0.3, -0.25) is 4.79 Å². The highest BCUT2D eigenvalue weighted by Gasteiger charge is 2.29. The number of rotatable bonds is 3. The molecule has 20 heavy (non-hydrogen) atoms. The topological polar surface area (TPSA) is 58.6 Å². The predicted octanol–water partition coefficient (Wildman–Crippen LogP) is 3.10. The molecule has 1 aliphatic carbocycles. The number of amides is 1. The summed E-state index contributed by atoms with van der Waals surface area (Å²) < 4.78 is 5.03. The number of nitrogens with one attached hydrogen (secondary N) is 1. The molecular weight excluding hydrogens is 254 g/mol. The Kier molecular flexibility index (Phi) is 4.21. The summed E-state index contributed by atoms with van der Waals surface area (Å²) in [4.78, 5) is 12.3. The molecule has 1 amide bonds. The first kappa shape index (κ1) is 14.7. The average Bonchev–Trinajstić information content (AvgIpc) is 2.37. The normalized spacial score (nSPS) is 21.2. The van der Waals surface area contributed by atoms with Crippen molar-refractivity contribution in [3.8, 4) is 11.5 Å². The van der Waals surface area contributed by atoms with Crippen LogP contribution in [-0.2, 0) is 0 Å². The molecule has 4 heteroatoms. The van der Waals surface area contributed by atoms with Crippen LogP contribution >= 0.6 is 0 Å². The number of para-hydroxylation sites is 1. The summed E-state index contributed by atoms with van der Waals surface area (Å²) in [6.45, 7) is 4.46. The maximum atomic E-state index is 12.3. The average molecular weight is 277 g/mol. The number of phenolic OH excluding ortho intramolecular Hbond substituents is 1. The van der Waals surface area contributed by atoms with Crippen LogP contribution in [0.2, 0.25) is 0 Å². The molecule has 2 rings (SSSR count). The van der Waals surface area contributed by atoms with E-state index in [9.17, 15) is 9.90 Å². The third kappa shape index (κ3) is 3.24. The molecule has 0 saturated heterocycles. The Bertz CT molecular complexity index is 496. The van der Waals surface area contributed by atoms with E-state index in [0.717, 1.165) is 19.3 Å². The Labute approximate surface area is 120 Å². The van der Waals surface area contributed by atoms with Crippen LogP contribution in [0.25, 0.3) is 0 Å². The fraction of sp³-hybridized carbons (Fsp3) is 0.562. The number of hydrogen-bond acceptors (Lipinski definition) is 3. The molecule has 1 fully saturated rings. The van der Waals surface area contributed by atoms with Gasteiger partial charge >= 0.3 is 0 Å². The molecule has 1 saturated carbocycles. The number of aromatic hydroxyl groups is 1. The van der Waals surface area contributed by atoms with Crippen molar-refractivity contribution in [3.63, 3.8) is 0 Å². The van der Waals surface area contributed by atoms with Crippen LogP contribution in [-0.4, -0.2) is 24.2 Å². The molecule has 1 aromatic rings. The number of ether oxygens (including phenoxy) is 1. The van der Waals surface area contributed by atoms with E-state index in [1.807, 2.05) is 0 Å². The first-order valence-corrected chi connectivity index (χ1v) is 7.10. The van der Waals surface area contributed by atoms with Crippen LogP contribution in [0.1, 0.15) is 49.9 Å². The molecule has 1 aliphatic rings. The van der Waals surface area contributed by atoms with Crippen LogP contribution in [0, 0.1) is 5.41 Å². The molecule has 0 aliphatic heterocycles. The van der Waals surface area contributed by atoms with Crippen molar-refractivity contribution in [1.82, 2.24) is 5.32 Å². The highest BCUT2D eigenvalue weighted by molar-refractivity contribution is 5.97. The van der Waals surface area contributed by atoms with E-state index in [0.29, 0.717) is 5.75 Å². The van der Waals surface area contributed by atoms with Gasteiger partial charge in [-0.15, -0.1) is 0 Å². The van der Waals surface area contributed by atoms with Crippen LogP contribution in [0.5, 0.6) is 11.5 Å². The quantitative estimate of drug-likeness (QED) is 0.892. The zero-order valence-electron chi connectivity index (χ0n) is 12.4. The fourth-order valence-corrected chi connectivity index (χ4v) is 2.95. The van der Waals surface area contributed by atoms with Gasteiger partial charge < -0.3 is 15.2 Å². The molecule has 1 atom stereocenters. The van der Waals surface area contributed by atoms with Gasteiger partial charge in [0.05, 0.1) is 12.7 Å². The highest BCUT2D eigenvalue weighted by Crippen LogP contribution is 2.35. The Hall–Kier alpha value is -1.71. The minimum absolute atomic E-state index is 0.0948. The van der Waals surface area contributed by atoms with E-state index < -0.39 is 0 Å². The highest BCUT2D eigenvalue weighted by atomic mass is 16.5. The summed E-state index contributed by atoms with van der Waals surface area (Å²) in [6.07, 6.45) is 4.30. The number of phenols is 1. The first-order valence-electron chi connectivity index (χ1n) is 7.10. The molecule has 4 nitrogen and oxygen atoms in total. The lowest BCUT2D eigenvalue weighted by Crippen LogP contribution is -2.40. The minimum atomic E-state index is -0.232. The van der Waals surface area contributed by atoms with Gasteiger partial charge in [0.2, 0.25) is 0 Å². The Morgan fingerprint density at radius 1 is 1.45 bits per heavy atom. The summed E-state index contributed by atoms with van der Waals surface area (Å²) in [5, 5.41) is 13.0. The van der Waals surface area contributed by atoms with E-state index in [2.05, 4.69) is 19.2 Å². The number of hydrogen-bond donors (Lipinski definition) is 2. The summed E-state index contributed by atoms with van der Waals surface area (Å²) in [5.41, 5.74) is 0.542. The van der Waals surface area contributed by atoms with Crippen molar-refractivity contribution in [3.05, 3.63) is 23.8 Å². The minimum Gasteiger partial charge on any atom is -0.504 e. The van der Waals surface area contributed by atoms with Gasteiger partial charge in [-0.05, 0) is 36.8 Å². The molecule has 0 bridgehead atoms. The van der Waals surface area contributed by atoms with Gasteiger partial charge in [0.15, 0.2) is 11.5 Å². The Morgan fingerprint density at radius 2 is 2.20 bits per heavy atom. The summed E-state index contributed by atoms with van der Waals surface area (Å²) in [7, 11) is 1.47. The second-order valence-corrected chi connectivity index (χ2v) is 6.29. The summed E-state index contributed by atoms with van der Waals surface area (Å²) >= 11 is 0. The van der Waals surface area contributed by atoms with Crippen molar-refractivity contribution in [2.45, 2.75) is 45.6 Å². The van der Waals surface area contributed by atoms with E-state index in [1.54, 1.807) is 18.2 Å². The molecule has 0 spiro atoms. The molecule has 2 N–H and O–H groups in total. The lowest BCUT2D eigenvalue weighted by molar-refractivity contribution is 0.0899. The van der Waals surface area contributed by atoms with Crippen LogP contribution in [0.4, 0.5) is 0 Å². The molecule has 0 radical (unpaired) electrons. The van der Waals surface area contributed by atoms with Gasteiger partial charge in [0.1, 0.15) is 0 Å². The van der Waals surface area contributed by atoms with Crippen LogP contribution < -0.4 is 10.1 Å². The van der Waals surface area contributed by atoms with Gasteiger partial charge in [0, 0.05) is 6.04 Å². The zero-order valence-corrected chi connectivity index (χ0v) is 12.4. The van der Waals surface area contributed by atoms with Gasteiger partial charge in [-0.25, -0.2) is 0 Å². The third-order valence-electron chi connectivity index (χ3n) is 4.00. The van der Waals surface area contributed by atoms with E-state index in [-0.39, 0.29) is 28.7 Å². The molecular formula is C16H23NO3. The SMILES string of the molecule is COc1cccc(C(=O)NC2CCCC(C)(C)C2)c1O. The van der Waals surface area contributed by atoms with Crippen molar-refractivity contribution in [2.24, 2.45) is 5.41 Å². The van der Waals surface area contributed by atoms with Gasteiger partial charge in [-0.2, -0.15) is 0 Å². The van der Waals surface area contributed by atoms with Crippen LogP contribution in [0.15, 0.2) is 18.2 Å². The van der Waals surface area contributed by atoms with Crippen molar-refractivity contribution in [2.75, 3.05) is 7.11 Å². The predicted molar refractivity (Wildman–Crippen MR) is 78.2 cm³/mol. The van der Waals surface area contributed by atoms with E-state index in [1.165, 1.54) is 13.5 Å². The van der Waals surface area contributed by atoms with Gasteiger partial charge in [-0.1, -0.05) is 26.3 Å². The Balaban J connectivity index is 2.09. The maximum Gasteiger partial charge on any atom is 0.255 e. The number of methoxy groups -OCH3 is 1. The number of benzene rings is 1. The second-order valence-electron chi connectivity index (χ2n) is 6.29. The van der Waals surface area contributed by atoms with Crippen molar-refractivity contribution in [1.29, 1.82) is 0 Å².